The van der Waals surface area contributed by atoms with Gasteiger partial charge in [0.1, 0.15) is 12.6 Å². The molecule has 2 aromatic rings. The number of rotatable bonds is 4. The summed E-state index contributed by atoms with van der Waals surface area (Å²) in [5, 5.41) is 10.3. The van der Waals surface area contributed by atoms with Crippen LogP contribution in [0.3, 0.4) is 0 Å². The summed E-state index contributed by atoms with van der Waals surface area (Å²) in [5.41, 5.74) is 3.52. The monoisotopic (exact) mass is 530 g/mol. The predicted octanol–water partition coefficient (Wildman–Crippen LogP) is 3.35. The average molecular weight is 531 g/mol. The number of likely N-dealkylation sites (tertiary alicyclic amines) is 1. The summed E-state index contributed by atoms with van der Waals surface area (Å²) < 4.78 is 4.48. The van der Waals surface area contributed by atoms with Crippen molar-refractivity contribution in [3.8, 4) is 0 Å². The van der Waals surface area contributed by atoms with Gasteiger partial charge >= 0.3 is 5.97 Å². The standard InChI is InChI=1S/C30H30N2O5S/c1-18-11-12-19(2)21(16-18)31-14-7-13-30-25(24-23(38-30)10-6-15-37-29(24)36)27(34)32(26(30)28(31)35)22(17-33)20-8-4-3-5-9-20/h3-13,16,22-26,33H,14-15,17H2,1-2H3/t22-,23-,24+,25+,26?,30+/m1/s1. The van der Waals surface area contributed by atoms with Gasteiger partial charge in [-0.1, -0.05) is 66.8 Å². The van der Waals surface area contributed by atoms with Crippen LogP contribution in [-0.4, -0.2) is 63.6 Å². The summed E-state index contributed by atoms with van der Waals surface area (Å²) >= 11 is 1.50. The quantitative estimate of drug-likeness (QED) is 0.482. The number of carbonyl (C=O) groups excluding carboxylic acids is 3. The van der Waals surface area contributed by atoms with Crippen molar-refractivity contribution in [2.24, 2.45) is 11.8 Å². The van der Waals surface area contributed by atoms with Crippen molar-refractivity contribution in [1.29, 1.82) is 0 Å². The highest BCUT2D eigenvalue weighted by Gasteiger charge is 2.72. The van der Waals surface area contributed by atoms with Crippen LogP contribution in [0.5, 0.6) is 0 Å². The highest BCUT2D eigenvalue weighted by atomic mass is 32.2. The van der Waals surface area contributed by atoms with Crippen LogP contribution in [0.25, 0.3) is 0 Å². The molecular weight excluding hydrogens is 500 g/mol. The fraction of sp³-hybridized carbons (Fsp3) is 0.367. The number of carbonyl (C=O) groups is 3. The van der Waals surface area contributed by atoms with E-state index in [1.54, 1.807) is 9.80 Å². The molecule has 38 heavy (non-hydrogen) atoms. The maximum atomic E-state index is 14.7. The number of thioether (sulfide) groups is 1. The summed E-state index contributed by atoms with van der Waals surface area (Å²) in [6.45, 7) is 4.13. The van der Waals surface area contributed by atoms with E-state index >= 15 is 0 Å². The Hall–Kier alpha value is -3.36. The van der Waals surface area contributed by atoms with Crippen LogP contribution in [0, 0.1) is 25.7 Å². The first-order chi connectivity index (χ1) is 18.4. The van der Waals surface area contributed by atoms with Gasteiger partial charge in [0, 0.05) is 17.5 Å². The Balaban J connectivity index is 1.53. The molecule has 196 valence electrons. The molecule has 6 rings (SSSR count). The summed E-state index contributed by atoms with van der Waals surface area (Å²) in [5.74, 6) is -2.42. The number of anilines is 1. The molecule has 1 unspecified atom stereocenters. The van der Waals surface area contributed by atoms with E-state index < -0.39 is 34.6 Å². The van der Waals surface area contributed by atoms with E-state index in [1.165, 1.54) is 11.8 Å². The van der Waals surface area contributed by atoms with Crippen LogP contribution in [0.1, 0.15) is 22.7 Å². The summed E-state index contributed by atoms with van der Waals surface area (Å²) in [6, 6.07) is 13.6. The molecule has 2 saturated heterocycles. The Bertz CT molecular complexity index is 1360. The molecule has 4 aliphatic rings. The first-order valence-electron chi connectivity index (χ1n) is 12.9. The number of aryl methyl sites for hydroxylation is 2. The SMILES string of the molecule is Cc1ccc(C)c(N2CC=C[C@]34S[C@@H]5C=CCOC(=O)[C@@H]5[C@H]3C(=O)N([C@H](CO)c3ccccc3)C4C2=O)c1. The Morgan fingerprint density at radius 3 is 2.63 bits per heavy atom. The zero-order chi connectivity index (χ0) is 26.6. The highest BCUT2D eigenvalue weighted by Crippen LogP contribution is 2.62. The van der Waals surface area contributed by atoms with Gasteiger partial charge in [0.25, 0.3) is 5.91 Å². The van der Waals surface area contributed by atoms with E-state index in [0.717, 1.165) is 22.4 Å². The number of hydrogen-bond acceptors (Lipinski definition) is 6. The number of amides is 2. The third kappa shape index (κ3) is 3.65. The first-order valence-corrected chi connectivity index (χ1v) is 13.8. The molecule has 2 aromatic carbocycles. The predicted molar refractivity (Wildman–Crippen MR) is 146 cm³/mol. The average Bonchev–Trinajstić information content (AvgIpc) is 3.21. The van der Waals surface area contributed by atoms with Gasteiger partial charge in [-0.05, 0) is 36.6 Å². The third-order valence-corrected chi connectivity index (χ3v) is 9.94. The molecule has 0 aromatic heterocycles. The smallest absolute Gasteiger partial charge is 0.311 e. The lowest BCUT2D eigenvalue weighted by Gasteiger charge is -2.39. The summed E-state index contributed by atoms with van der Waals surface area (Å²) in [6.07, 6.45) is 7.68. The van der Waals surface area contributed by atoms with Crippen molar-refractivity contribution >= 4 is 35.2 Å². The molecule has 1 N–H and O–H groups in total. The lowest BCUT2D eigenvalue weighted by molar-refractivity contribution is -0.152. The van der Waals surface area contributed by atoms with Crippen LogP contribution in [0.15, 0.2) is 72.8 Å². The minimum Gasteiger partial charge on any atom is -0.461 e. The Morgan fingerprint density at radius 2 is 1.87 bits per heavy atom. The van der Waals surface area contributed by atoms with Crippen LogP contribution >= 0.6 is 11.8 Å². The zero-order valence-corrected chi connectivity index (χ0v) is 22.1. The molecule has 0 bridgehead atoms. The fourth-order valence-electron chi connectivity index (χ4n) is 6.50. The normalized spacial score (nSPS) is 30.9. The van der Waals surface area contributed by atoms with Gasteiger partial charge in [-0.25, -0.2) is 0 Å². The van der Waals surface area contributed by atoms with Crippen molar-refractivity contribution in [3.05, 3.63) is 89.5 Å². The van der Waals surface area contributed by atoms with E-state index in [2.05, 4.69) is 0 Å². The Kier molecular flexibility index (Phi) is 6.19. The van der Waals surface area contributed by atoms with Crippen molar-refractivity contribution in [2.75, 3.05) is 24.7 Å². The van der Waals surface area contributed by atoms with Crippen molar-refractivity contribution < 1.29 is 24.2 Å². The molecule has 2 fully saturated rings. The molecule has 0 aliphatic carbocycles. The molecule has 7 nitrogen and oxygen atoms in total. The van der Waals surface area contributed by atoms with E-state index in [4.69, 9.17) is 4.74 Å². The fourth-order valence-corrected chi connectivity index (χ4v) is 8.49. The molecule has 8 heteroatoms. The van der Waals surface area contributed by atoms with Crippen molar-refractivity contribution in [3.63, 3.8) is 0 Å². The molecule has 6 atom stereocenters. The van der Waals surface area contributed by atoms with Gasteiger partial charge in [-0.15, -0.1) is 11.8 Å². The van der Waals surface area contributed by atoms with Crippen LogP contribution in [0.4, 0.5) is 5.69 Å². The molecule has 4 heterocycles. The number of hydrogen-bond donors (Lipinski definition) is 1. The van der Waals surface area contributed by atoms with Crippen molar-refractivity contribution in [2.45, 2.75) is 35.9 Å². The third-order valence-electron chi connectivity index (χ3n) is 8.20. The number of aliphatic hydroxyl groups excluding tert-OH is 1. The Morgan fingerprint density at radius 1 is 1.08 bits per heavy atom. The minimum absolute atomic E-state index is 0.173. The van der Waals surface area contributed by atoms with Gasteiger partial charge in [0.15, 0.2) is 0 Å². The van der Waals surface area contributed by atoms with Gasteiger partial charge in [0.05, 0.1) is 29.2 Å². The van der Waals surface area contributed by atoms with Crippen molar-refractivity contribution in [1.82, 2.24) is 4.90 Å². The lowest BCUT2D eigenvalue weighted by atomic mass is 9.78. The number of esters is 1. The first kappa shape index (κ1) is 24.9. The summed E-state index contributed by atoms with van der Waals surface area (Å²) in [7, 11) is 0. The summed E-state index contributed by atoms with van der Waals surface area (Å²) in [4.78, 5) is 45.6. The number of cyclic esters (lactones) is 1. The number of fused-ring (bicyclic) bond motifs is 2. The number of nitrogens with zero attached hydrogens (tertiary/aromatic N) is 2. The lowest BCUT2D eigenvalue weighted by Crippen LogP contribution is -2.54. The zero-order valence-electron chi connectivity index (χ0n) is 21.3. The van der Waals surface area contributed by atoms with E-state index in [9.17, 15) is 19.5 Å². The second kappa shape index (κ2) is 9.43. The maximum absolute atomic E-state index is 14.7. The van der Waals surface area contributed by atoms with E-state index in [1.807, 2.05) is 86.7 Å². The highest BCUT2D eigenvalue weighted by molar-refractivity contribution is 8.02. The largest absolute Gasteiger partial charge is 0.461 e. The molecule has 0 saturated carbocycles. The topological polar surface area (TPSA) is 87.2 Å². The van der Waals surface area contributed by atoms with Gasteiger partial charge in [-0.3, -0.25) is 14.4 Å². The second-order valence-corrected chi connectivity index (χ2v) is 11.9. The number of benzene rings is 2. The number of aliphatic hydroxyl groups is 1. The van der Waals surface area contributed by atoms with Gasteiger partial charge in [0.2, 0.25) is 5.91 Å². The Labute approximate surface area is 226 Å². The van der Waals surface area contributed by atoms with E-state index in [0.29, 0.717) is 6.54 Å². The molecular formula is C30H30N2O5S. The van der Waals surface area contributed by atoms with Gasteiger partial charge in [-0.2, -0.15) is 0 Å². The molecule has 2 amide bonds. The molecule has 4 aliphatic heterocycles. The van der Waals surface area contributed by atoms with Crippen LogP contribution in [-0.2, 0) is 19.1 Å². The maximum Gasteiger partial charge on any atom is 0.311 e. The van der Waals surface area contributed by atoms with Crippen LogP contribution < -0.4 is 4.90 Å². The second-order valence-electron chi connectivity index (χ2n) is 10.4. The molecule has 1 spiro atoms. The van der Waals surface area contributed by atoms with Crippen LogP contribution in [0.2, 0.25) is 0 Å². The molecule has 0 radical (unpaired) electrons. The van der Waals surface area contributed by atoms with E-state index in [-0.39, 0.29) is 30.3 Å². The minimum atomic E-state index is -0.973. The van der Waals surface area contributed by atoms with Gasteiger partial charge < -0.3 is 19.6 Å². The number of ether oxygens (including phenoxy) is 1.